The maximum atomic E-state index is 10.9. The van der Waals surface area contributed by atoms with E-state index < -0.39 is 5.97 Å². The maximum absolute atomic E-state index is 10.9. The van der Waals surface area contributed by atoms with E-state index in [1.165, 1.54) is 11.1 Å². The lowest BCUT2D eigenvalue weighted by atomic mass is 10.00. The molecule has 0 saturated heterocycles. The normalized spacial score (nSPS) is 10.8. The summed E-state index contributed by atoms with van der Waals surface area (Å²) in [6, 6.07) is 15.8. The van der Waals surface area contributed by atoms with E-state index in [0.29, 0.717) is 0 Å². The molecule has 3 rings (SSSR count). The summed E-state index contributed by atoms with van der Waals surface area (Å²) in [4.78, 5) is 13.8. The van der Waals surface area contributed by atoms with Crippen LogP contribution in [0, 0.1) is 6.92 Å². The van der Waals surface area contributed by atoms with Gasteiger partial charge >= 0.3 is 5.97 Å². The Labute approximate surface area is 110 Å². The Morgan fingerprint density at radius 1 is 1.11 bits per heavy atom. The highest BCUT2D eigenvalue weighted by molar-refractivity contribution is 5.95. The lowest BCUT2D eigenvalue weighted by Gasteiger charge is -2.05. The number of carboxylic acids is 1. The number of hydrogen-bond acceptors (Lipinski definition) is 1. The molecule has 1 heterocycles. The number of aryl methyl sites for hydroxylation is 1. The van der Waals surface area contributed by atoms with Crippen LogP contribution in [0.15, 0.2) is 48.5 Å². The summed E-state index contributed by atoms with van der Waals surface area (Å²) < 4.78 is 0. The van der Waals surface area contributed by atoms with Crippen LogP contribution >= 0.6 is 0 Å². The van der Waals surface area contributed by atoms with E-state index in [9.17, 15) is 4.79 Å². The lowest BCUT2D eigenvalue weighted by Crippen LogP contribution is -1.94. The quantitative estimate of drug-likeness (QED) is 0.727. The summed E-state index contributed by atoms with van der Waals surface area (Å²) in [6.45, 7) is 2.07. The van der Waals surface area contributed by atoms with E-state index in [1.54, 1.807) is 6.07 Å². The van der Waals surface area contributed by atoms with Crippen LogP contribution in [0.25, 0.3) is 22.0 Å². The van der Waals surface area contributed by atoms with Crippen LogP contribution < -0.4 is 0 Å². The van der Waals surface area contributed by atoms with Crippen molar-refractivity contribution in [3.8, 4) is 11.1 Å². The highest BCUT2D eigenvalue weighted by Crippen LogP contribution is 2.27. The van der Waals surface area contributed by atoms with Gasteiger partial charge < -0.3 is 10.1 Å². The van der Waals surface area contributed by atoms with Crippen molar-refractivity contribution >= 4 is 16.9 Å². The van der Waals surface area contributed by atoms with Gasteiger partial charge in [-0.05, 0) is 41.8 Å². The third-order valence-electron chi connectivity index (χ3n) is 3.31. The zero-order valence-electron chi connectivity index (χ0n) is 10.5. The predicted octanol–water partition coefficient (Wildman–Crippen LogP) is 3.84. The van der Waals surface area contributed by atoms with Crippen LogP contribution in [-0.2, 0) is 0 Å². The number of benzene rings is 2. The first-order valence-corrected chi connectivity index (χ1v) is 6.07. The number of fused-ring (bicyclic) bond motifs is 1. The van der Waals surface area contributed by atoms with Gasteiger partial charge in [0.1, 0.15) is 5.69 Å². The number of carbonyl (C=O) groups is 1. The highest BCUT2D eigenvalue weighted by Gasteiger charge is 2.08. The number of hydrogen-bond donors (Lipinski definition) is 2. The van der Waals surface area contributed by atoms with Crippen LogP contribution in [-0.4, -0.2) is 16.1 Å². The molecule has 0 amide bonds. The third kappa shape index (κ3) is 1.99. The van der Waals surface area contributed by atoms with E-state index in [4.69, 9.17) is 5.11 Å². The summed E-state index contributed by atoms with van der Waals surface area (Å²) >= 11 is 0. The highest BCUT2D eigenvalue weighted by atomic mass is 16.4. The Balaban J connectivity index is 2.16. The lowest BCUT2D eigenvalue weighted by molar-refractivity contribution is 0.0691. The molecule has 0 atom stereocenters. The number of aromatic nitrogens is 1. The maximum Gasteiger partial charge on any atom is 0.352 e. The average Bonchev–Trinajstić information content (AvgIpc) is 2.82. The largest absolute Gasteiger partial charge is 0.477 e. The molecule has 0 aliphatic rings. The summed E-state index contributed by atoms with van der Waals surface area (Å²) in [5.74, 6) is -0.936. The molecule has 0 bridgehead atoms. The van der Waals surface area contributed by atoms with Gasteiger partial charge in [-0.1, -0.05) is 30.3 Å². The van der Waals surface area contributed by atoms with Gasteiger partial charge in [0.25, 0.3) is 0 Å². The SMILES string of the molecule is Cc1ccccc1-c1ccc2[nH]c(C(=O)O)cc2c1. The molecule has 19 heavy (non-hydrogen) atoms. The monoisotopic (exact) mass is 251 g/mol. The zero-order valence-corrected chi connectivity index (χ0v) is 10.5. The second kappa shape index (κ2) is 4.28. The summed E-state index contributed by atoms with van der Waals surface area (Å²) in [5, 5.41) is 9.90. The molecule has 1 aromatic heterocycles. The minimum Gasteiger partial charge on any atom is -0.477 e. The number of aromatic carboxylic acids is 1. The smallest absolute Gasteiger partial charge is 0.352 e. The first-order chi connectivity index (χ1) is 9.15. The van der Waals surface area contributed by atoms with Gasteiger partial charge in [0.2, 0.25) is 0 Å². The number of H-pyrrole nitrogens is 1. The topological polar surface area (TPSA) is 53.1 Å². The fraction of sp³-hybridized carbons (Fsp3) is 0.0625. The molecule has 3 nitrogen and oxygen atoms in total. The van der Waals surface area contributed by atoms with Crippen LogP contribution in [0.1, 0.15) is 16.1 Å². The van der Waals surface area contributed by atoms with E-state index in [2.05, 4.69) is 24.0 Å². The van der Waals surface area contributed by atoms with Crippen molar-refractivity contribution in [3.05, 3.63) is 59.8 Å². The van der Waals surface area contributed by atoms with E-state index >= 15 is 0 Å². The van der Waals surface area contributed by atoms with E-state index in [0.717, 1.165) is 16.5 Å². The van der Waals surface area contributed by atoms with Gasteiger partial charge in [0.15, 0.2) is 0 Å². The molecule has 0 spiro atoms. The molecule has 3 aromatic rings. The minimum atomic E-state index is -0.936. The third-order valence-corrected chi connectivity index (χ3v) is 3.31. The second-order valence-electron chi connectivity index (χ2n) is 4.61. The van der Waals surface area contributed by atoms with Crippen molar-refractivity contribution in [2.75, 3.05) is 0 Å². The van der Waals surface area contributed by atoms with Gasteiger partial charge in [-0.3, -0.25) is 0 Å². The van der Waals surface area contributed by atoms with E-state index in [-0.39, 0.29) is 5.69 Å². The number of rotatable bonds is 2. The van der Waals surface area contributed by atoms with Crippen molar-refractivity contribution in [2.24, 2.45) is 0 Å². The number of carboxylic acid groups (broad SMARTS) is 1. The van der Waals surface area contributed by atoms with Crippen molar-refractivity contribution < 1.29 is 9.90 Å². The molecule has 0 radical (unpaired) electrons. The Bertz CT molecular complexity index is 771. The average molecular weight is 251 g/mol. The van der Waals surface area contributed by atoms with Crippen LogP contribution in [0.4, 0.5) is 0 Å². The van der Waals surface area contributed by atoms with Crippen molar-refractivity contribution in [1.29, 1.82) is 0 Å². The van der Waals surface area contributed by atoms with Crippen molar-refractivity contribution in [3.63, 3.8) is 0 Å². The molecule has 0 aliphatic carbocycles. The van der Waals surface area contributed by atoms with E-state index in [1.807, 2.05) is 30.3 Å². The molecule has 2 N–H and O–H groups in total. The fourth-order valence-corrected chi connectivity index (χ4v) is 2.31. The fourth-order valence-electron chi connectivity index (χ4n) is 2.31. The Hall–Kier alpha value is -2.55. The minimum absolute atomic E-state index is 0.219. The molecule has 0 fully saturated rings. The molecular weight excluding hydrogens is 238 g/mol. The van der Waals surface area contributed by atoms with Crippen LogP contribution in [0.3, 0.4) is 0 Å². The van der Waals surface area contributed by atoms with Crippen LogP contribution in [0.2, 0.25) is 0 Å². The van der Waals surface area contributed by atoms with Crippen molar-refractivity contribution in [2.45, 2.75) is 6.92 Å². The van der Waals surface area contributed by atoms with Gasteiger partial charge in [0, 0.05) is 10.9 Å². The first-order valence-electron chi connectivity index (χ1n) is 6.07. The van der Waals surface area contributed by atoms with Crippen LogP contribution in [0.5, 0.6) is 0 Å². The molecule has 0 aliphatic heterocycles. The molecule has 3 heteroatoms. The van der Waals surface area contributed by atoms with Gasteiger partial charge in [-0.2, -0.15) is 0 Å². The molecular formula is C16H13NO2. The predicted molar refractivity (Wildman–Crippen MR) is 75.4 cm³/mol. The summed E-state index contributed by atoms with van der Waals surface area (Å²) in [5.41, 5.74) is 4.53. The van der Waals surface area contributed by atoms with Gasteiger partial charge in [-0.25, -0.2) is 4.79 Å². The standard InChI is InChI=1S/C16H13NO2/c1-10-4-2-3-5-13(10)11-6-7-14-12(8-11)9-15(17-14)16(18)19/h2-9,17H,1H3,(H,18,19). The zero-order chi connectivity index (χ0) is 13.4. The Morgan fingerprint density at radius 3 is 2.63 bits per heavy atom. The van der Waals surface area contributed by atoms with Gasteiger partial charge in [-0.15, -0.1) is 0 Å². The molecule has 94 valence electrons. The van der Waals surface area contributed by atoms with Crippen molar-refractivity contribution in [1.82, 2.24) is 4.98 Å². The summed E-state index contributed by atoms with van der Waals surface area (Å²) in [6.07, 6.45) is 0. The Kier molecular flexibility index (Phi) is 2.60. The van der Waals surface area contributed by atoms with Gasteiger partial charge in [0.05, 0.1) is 0 Å². The first kappa shape index (κ1) is 11.5. The molecule has 2 aromatic carbocycles. The second-order valence-corrected chi connectivity index (χ2v) is 4.61. The number of nitrogens with one attached hydrogen (secondary N) is 1. The molecule has 0 unspecified atom stereocenters. The Morgan fingerprint density at radius 2 is 1.89 bits per heavy atom. The summed E-state index contributed by atoms with van der Waals surface area (Å²) in [7, 11) is 0. The number of aromatic amines is 1. The molecule has 0 saturated carbocycles.